The highest BCUT2D eigenvalue weighted by Crippen LogP contribution is 2.56. The number of hydrogen-bond donors (Lipinski definition) is 0. The molecule has 2 fully saturated rings. The van der Waals surface area contributed by atoms with Crippen LogP contribution in [-0.2, 0) is 0 Å². The summed E-state index contributed by atoms with van der Waals surface area (Å²) in [6, 6.07) is 0. The first-order valence-electron chi connectivity index (χ1n) is 3.95. The molecular weight excluding hydrogens is 176 g/mol. The molecule has 2 aliphatic rings. The van der Waals surface area contributed by atoms with Crippen molar-refractivity contribution in [2.75, 3.05) is 0 Å². The van der Waals surface area contributed by atoms with E-state index in [9.17, 15) is 0 Å². The summed E-state index contributed by atoms with van der Waals surface area (Å²) in [6.45, 7) is 0. The van der Waals surface area contributed by atoms with Crippen molar-refractivity contribution in [3.8, 4) is 0 Å². The quantitative estimate of drug-likeness (QED) is 0.513. The van der Waals surface area contributed by atoms with Crippen LogP contribution >= 0.6 is 15.9 Å². The maximum atomic E-state index is 3.67. The van der Waals surface area contributed by atoms with Crippen LogP contribution in [0.5, 0.6) is 0 Å². The fourth-order valence-corrected chi connectivity index (χ4v) is 2.33. The van der Waals surface area contributed by atoms with E-state index in [0.29, 0.717) is 0 Å². The van der Waals surface area contributed by atoms with E-state index in [2.05, 4.69) is 15.9 Å². The summed E-state index contributed by atoms with van der Waals surface area (Å²) in [5.41, 5.74) is 0.879. The van der Waals surface area contributed by atoms with Crippen molar-refractivity contribution in [2.45, 2.75) is 43.4 Å². The van der Waals surface area contributed by atoms with Crippen LogP contribution in [0.4, 0.5) is 0 Å². The summed E-state index contributed by atoms with van der Waals surface area (Å²) in [5, 5.41) is 0. The minimum atomic E-state index is 0.851. The molecule has 0 heterocycles. The summed E-state index contributed by atoms with van der Waals surface area (Å²) in [5.74, 6) is 0. The molecule has 0 atom stereocenters. The third-order valence-corrected chi connectivity index (χ3v) is 3.85. The van der Waals surface area contributed by atoms with Crippen molar-refractivity contribution in [3.63, 3.8) is 0 Å². The van der Waals surface area contributed by atoms with Gasteiger partial charge in [-0.05, 0) is 43.9 Å². The zero-order chi connectivity index (χ0) is 6.32. The van der Waals surface area contributed by atoms with Gasteiger partial charge in [-0.15, -0.1) is 0 Å². The molecule has 0 aliphatic heterocycles. The van der Waals surface area contributed by atoms with E-state index < -0.39 is 0 Å². The van der Waals surface area contributed by atoms with E-state index in [0.717, 1.165) is 10.2 Å². The summed E-state index contributed by atoms with van der Waals surface area (Å²) in [7, 11) is 0. The highest BCUT2D eigenvalue weighted by Gasteiger charge is 2.44. The minimum absolute atomic E-state index is 0.851. The Morgan fingerprint density at radius 3 is 2.00 bits per heavy atom. The van der Waals surface area contributed by atoms with Crippen LogP contribution in [0, 0.1) is 5.41 Å². The summed E-state index contributed by atoms with van der Waals surface area (Å²) >= 11 is 3.67. The van der Waals surface area contributed by atoms with Gasteiger partial charge in [-0.2, -0.15) is 0 Å². The Morgan fingerprint density at radius 2 is 1.56 bits per heavy atom. The lowest BCUT2D eigenvalue weighted by atomic mass is 9.86. The SMILES string of the molecule is BrC1CCC2(CC1)CC2. The summed E-state index contributed by atoms with van der Waals surface area (Å²) in [6.07, 6.45) is 8.94. The van der Waals surface area contributed by atoms with Crippen LogP contribution in [0.3, 0.4) is 0 Å². The molecule has 0 N–H and O–H groups in total. The predicted octanol–water partition coefficient (Wildman–Crippen LogP) is 3.10. The maximum Gasteiger partial charge on any atom is 0.0146 e. The molecule has 2 saturated carbocycles. The van der Waals surface area contributed by atoms with Gasteiger partial charge in [0.25, 0.3) is 0 Å². The van der Waals surface area contributed by atoms with Gasteiger partial charge in [-0.1, -0.05) is 15.9 Å². The van der Waals surface area contributed by atoms with E-state index >= 15 is 0 Å². The van der Waals surface area contributed by atoms with Gasteiger partial charge >= 0.3 is 0 Å². The molecule has 0 aromatic heterocycles. The molecule has 2 rings (SSSR count). The molecule has 2 aliphatic carbocycles. The Hall–Kier alpha value is 0.480. The number of hydrogen-bond acceptors (Lipinski definition) is 0. The Morgan fingerprint density at radius 1 is 1.00 bits per heavy atom. The first-order chi connectivity index (χ1) is 4.31. The lowest BCUT2D eigenvalue weighted by molar-refractivity contribution is 0.346. The van der Waals surface area contributed by atoms with Crippen molar-refractivity contribution in [3.05, 3.63) is 0 Å². The first kappa shape index (κ1) is 6.21. The number of halogens is 1. The van der Waals surface area contributed by atoms with Crippen molar-refractivity contribution in [1.29, 1.82) is 0 Å². The normalized spacial score (nSPS) is 33.0. The van der Waals surface area contributed by atoms with E-state index in [-0.39, 0.29) is 0 Å². The van der Waals surface area contributed by atoms with Crippen LogP contribution in [0.15, 0.2) is 0 Å². The van der Waals surface area contributed by atoms with Gasteiger partial charge in [0.2, 0.25) is 0 Å². The van der Waals surface area contributed by atoms with Gasteiger partial charge in [0.15, 0.2) is 0 Å². The van der Waals surface area contributed by atoms with Crippen LogP contribution in [-0.4, -0.2) is 4.83 Å². The van der Waals surface area contributed by atoms with Crippen molar-refractivity contribution < 1.29 is 0 Å². The van der Waals surface area contributed by atoms with E-state index in [1.807, 2.05) is 0 Å². The molecule has 0 radical (unpaired) electrons. The summed E-state index contributed by atoms with van der Waals surface area (Å²) < 4.78 is 0. The van der Waals surface area contributed by atoms with Gasteiger partial charge in [-0.25, -0.2) is 0 Å². The molecule has 52 valence electrons. The molecule has 0 unspecified atom stereocenters. The Kier molecular flexibility index (Phi) is 1.37. The Balaban J connectivity index is 1.91. The monoisotopic (exact) mass is 188 g/mol. The smallest absolute Gasteiger partial charge is 0.0146 e. The van der Waals surface area contributed by atoms with Gasteiger partial charge < -0.3 is 0 Å². The standard InChI is InChI=1S/C8H13Br/c9-7-1-3-8(4-2-7)5-6-8/h7H,1-6H2. The number of alkyl halides is 1. The maximum absolute atomic E-state index is 3.67. The molecule has 0 nitrogen and oxygen atoms in total. The third-order valence-electron chi connectivity index (χ3n) is 2.93. The minimum Gasteiger partial charge on any atom is -0.0891 e. The highest BCUT2D eigenvalue weighted by atomic mass is 79.9. The zero-order valence-corrected chi connectivity index (χ0v) is 7.28. The fourth-order valence-electron chi connectivity index (χ4n) is 1.87. The highest BCUT2D eigenvalue weighted by molar-refractivity contribution is 9.09. The predicted molar refractivity (Wildman–Crippen MR) is 42.9 cm³/mol. The Bertz CT molecular complexity index is 106. The van der Waals surface area contributed by atoms with Crippen LogP contribution in [0.25, 0.3) is 0 Å². The first-order valence-corrected chi connectivity index (χ1v) is 4.86. The lowest BCUT2D eigenvalue weighted by Gasteiger charge is -2.24. The largest absolute Gasteiger partial charge is 0.0891 e. The van der Waals surface area contributed by atoms with Gasteiger partial charge in [0.05, 0.1) is 0 Å². The average Bonchev–Trinajstić information content (AvgIpc) is 2.60. The van der Waals surface area contributed by atoms with Crippen LogP contribution < -0.4 is 0 Å². The van der Waals surface area contributed by atoms with Gasteiger partial charge in [-0.3, -0.25) is 0 Å². The molecule has 0 saturated heterocycles. The van der Waals surface area contributed by atoms with Crippen molar-refractivity contribution >= 4 is 15.9 Å². The van der Waals surface area contributed by atoms with Crippen LogP contribution in [0.2, 0.25) is 0 Å². The lowest BCUT2D eigenvalue weighted by Crippen LogP contribution is -2.14. The molecule has 0 bridgehead atoms. The second-order valence-corrected chi connectivity index (χ2v) is 4.97. The molecule has 1 heteroatoms. The molecule has 9 heavy (non-hydrogen) atoms. The number of rotatable bonds is 0. The van der Waals surface area contributed by atoms with Crippen molar-refractivity contribution in [1.82, 2.24) is 0 Å². The van der Waals surface area contributed by atoms with Crippen LogP contribution in [0.1, 0.15) is 38.5 Å². The second kappa shape index (κ2) is 1.98. The molecule has 0 amide bonds. The van der Waals surface area contributed by atoms with Gasteiger partial charge in [0.1, 0.15) is 0 Å². The summed E-state index contributed by atoms with van der Waals surface area (Å²) in [4.78, 5) is 0.851. The topological polar surface area (TPSA) is 0 Å². The Labute approximate surface area is 65.1 Å². The molecule has 1 spiro atoms. The third kappa shape index (κ3) is 1.17. The zero-order valence-electron chi connectivity index (χ0n) is 5.70. The van der Waals surface area contributed by atoms with E-state index in [1.165, 1.54) is 38.5 Å². The second-order valence-electron chi connectivity index (χ2n) is 3.67. The molecular formula is C8H13Br. The van der Waals surface area contributed by atoms with Gasteiger partial charge in [0, 0.05) is 4.83 Å². The fraction of sp³-hybridized carbons (Fsp3) is 1.00. The molecule has 0 aromatic rings. The van der Waals surface area contributed by atoms with E-state index in [4.69, 9.17) is 0 Å². The average molecular weight is 189 g/mol. The van der Waals surface area contributed by atoms with Crippen molar-refractivity contribution in [2.24, 2.45) is 5.41 Å². The van der Waals surface area contributed by atoms with E-state index in [1.54, 1.807) is 0 Å². The molecule has 0 aromatic carbocycles.